The highest BCUT2D eigenvalue weighted by atomic mass is 79.9. The molecule has 0 bridgehead atoms. The van der Waals surface area contributed by atoms with Gasteiger partial charge in [0, 0.05) is 17.6 Å². The number of carbonyl (C=O) groups excluding carboxylic acids is 1. The molecule has 0 saturated heterocycles. The number of hydrogen-bond acceptors (Lipinski definition) is 3. The van der Waals surface area contributed by atoms with Crippen molar-refractivity contribution >= 4 is 34.3 Å². The first-order chi connectivity index (χ1) is 7.95. The first kappa shape index (κ1) is 17.4. The molecule has 3 nitrogen and oxygen atoms in total. The molecule has 0 radical (unpaired) electrons. The van der Waals surface area contributed by atoms with Crippen molar-refractivity contribution in [1.82, 2.24) is 5.32 Å². The first-order valence-electron chi connectivity index (χ1n) is 5.49. The van der Waals surface area contributed by atoms with Crippen molar-refractivity contribution in [2.45, 2.75) is 20.4 Å². The lowest BCUT2D eigenvalue weighted by Gasteiger charge is -2.21. The van der Waals surface area contributed by atoms with Gasteiger partial charge in [0.2, 0.25) is 0 Å². The fourth-order valence-corrected chi connectivity index (χ4v) is 1.96. The molecule has 1 aromatic rings. The molecule has 0 aliphatic rings. The average Bonchev–Trinajstić information content (AvgIpc) is 2.27. The van der Waals surface area contributed by atoms with Crippen molar-refractivity contribution < 1.29 is 9.53 Å². The average molecular weight is 337 g/mol. The molecule has 0 saturated carbocycles. The lowest BCUT2D eigenvalue weighted by Crippen LogP contribution is -2.36. The Kier molecular flexibility index (Phi) is 7.52. The number of ether oxygens (including phenoxy) is 1. The van der Waals surface area contributed by atoms with Crippen molar-refractivity contribution in [3.05, 3.63) is 34.3 Å². The van der Waals surface area contributed by atoms with Gasteiger partial charge in [0.25, 0.3) is 0 Å². The predicted molar refractivity (Wildman–Crippen MR) is 78.9 cm³/mol. The molecular weight excluding hydrogens is 318 g/mol. The minimum atomic E-state index is -0.499. The monoisotopic (exact) mass is 335 g/mol. The van der Waals surface area contributed by atoms with E-state index in [1.54, 1.807) is 0 Å². The molecule has 0 aliphatic carbocycles. The Morgan fingerprint density at radius 3 is 2.67 bits per heavy atom. The van der Waals surface area contributed by atoms with E-state index >= 15 is 0 Å². The van der Waals surface area contributed by atoms with Crippen molar-refractivity contribution in [3.8, 4) is 0 Å². The normalized spacial score (nSPS) is 10.7. The van der Waals surface area contributed by atoms with E-state index in [-0.39, 0.29) is 18.4 Å². The molecular formula is C13H19BrClNO2. The molecule has 102 valence electrons. The second-order valence-corrected chi connectivity index (χ2v) is 5.52. The van der Waals surface area contributed by atoms with Gasteiger partial charge in [-0.1, -0.05) is 28.1 Å². The summed E-state index contributed by atoms with van der Waals surface area (Å²) in [6, 6.07) is 8.08. The summed E-state index contributed by atoms with van der Waals surface area (Å²) in [6.07, 6.45) is 0. The largest absolute Gasteiger partial charge is 0.469 e. The Morgan fingerprint density at radius 2 is 2.11 bits per heavy atom. The van der Waals surface area contributed by atoms with Crippen LogP contribution in [0.4, 0.5) is 0 Å². The number of methoxy groups -OCH3 is 1. The van der Waals surface area contributed by atoms with Gasteiger partial charge in [-0.2, -0.15) is 0 Å². The van der Waals surface area contributed by atoms with Gasteiger partial charge >= 0.3 is 5.97 Å². The Hall–Kier alpha value is -0.580. The molecule has 0 fully saturated rings. The number of rotatable bonds is 5. The van der Waals surface area contributed by atoms with E-state index in [1.807, 2.05) is 32.0 Å². The Morgan fingerprint density at radius 1 is 1.44 bits per heavy atom. The van der Waals surface area contributed by atoms with Crippen LogP contribution in [0.3, 0.4) is 0 Å². The van der Waals surface area contributed by atoms with Crippen LogP contribution in [0.15, 0.2) is 28.7 Å². The highest BCUT2D eigenvalue weighted by Crippen LogP contribution is 2.16. The number of nitrogens with one attached hydrogen (secondary N) is 1. The van der Waals surface area contributed by atoms with Gasteiger partial charge in [0.15, 0.2) is 0 Å². The zero-order valence-electron chi connectivity index (χ0n) is 10.8. The predicted octanol–water partition coefficient (Wildman–Crippen LogP) is 3.16. The maximum absolute atomic E-state index is 11.5. The van der Waals surface area contributed by atoms with Crippen molar-refractivity contribution in [2.75, 3.05) is 13.7 Å². The van der Waals surface area contributed by atoms with Crippen LogP contribution in [-0.2, 0) is 16.1 Å². The fourth-order valence-electron chi connectivity index (χ4n) is 1.51. The molecule has 0 unspecified atom stereocenters. The second kappa shape index (κ2) is 7.77. The molecule has 0 heterocycles. The van der Waals surface area contributed by atoms with Gasteiger partial charge < -0.3 is 10.1 Å². The van der Waals surface area contributed by atoms with Crippen LogP contribution >= 0.6 is 28.3 Å². The molecule has 1 aromatic carbocycles. The van der Waals surface area contributed by atoms with E-state index in [0.29, 0.717) is 6.54 Å². The zero-order valence-corrected chi connectivity index (χ0v) is 13.2. The summed E-state index contributed by atoms with van der Waals surface area (Å²) in [5.41, 5.74) is 0.681. The third-order valence-electron chi connectivity index (χ3n) is 2.52. The maximum atomic E-state index is 11.5. The second-order valence-electron chi connectivity index (χ2n) is 4.61. The summed E-state index contributed by atoms with van der Waals surface area (Å²) >= 11 is 3.43. The third-order valence-corrected chi connectivity index (χ3v) is 3.02. The highest BCUT2D eigenvalue weighted by molar-refractivity contribution is 9.10. The molecule has 5 heteroatoms. The van der Waals surface area contributed by atoms with E-state index in [1.165, 1.54) is 12.7 Å². The van der Waals surface area contributed by atoms with Crippen molar-refractivity contribution in [3.63, 3.8) is 0 Å². The lowest BCUT2D eigenvalue weighted by molar-refractivity contribution is -0.150. The summed E-state index contributed by atoms with van der Waals surface area (Å²) in [4.78, 5) is 11.5. The molecule has 0 aliphatic heterocycles. The summed E-state index contributed by atoms with van der Waals surface area (Å²) in [5, 5.41) is 3.26. The van der Waals surface area contributed by atoms with Gasteiger partial charge in [-0.05, 0) is 31.5 Å². The molecule has 0 atom stereocenters. The van der Waals surface area contributed by atoms with Crippen LogP contribution in [-0.4, -0.2) is 19.6 Å². The van der Waals surface area contributed by atoms with Gasteiger partial charge in [-0.25, -0.2) is 0 Å². The minimum absolute atomic E-state index is 0. The number of carbonyl (C=O) groups is 1. The summed E-state index contributed by atoms with van der Waals surface area (Å²) in [7, 11) is 1.42. The van der Waals surface area contributed by atoms with Crippen LogP contribution in [0.2, 0.25) is 0 Å². The summed E-state index contributed by atoms with van der Waals surface area (Å²) in [6.45, 7) is 5.06. The van der Waals surface area contributed by atoms with Gasteiger partial charge in [0.05, 0.1) is 12.5 Å². The number of esters is 1. The quantitative estimate of drug-likeness (QED) is 0.839. The SMILES string of the molecule is COC(=O)C(C)(C)CNCc1cccc(Br)c1.Cl. The Balaban J connectivity index is 0.00000289. The topological polar surface area (TPSA) is 38.3 Å². The van der Waals surface area contributed by atoms with Crippen LogP contribution < -0.4 is 5.32 Å². The third kappa shape index (κ3) is 5.38. The van der Waals surface area contributed by atoms with Gasteiger partial charge in [-0.3, -0.25) is 4.79 Å². The molecule has 0 spiro atoms. The van der Waals surface area contributed by atoms with E-state index in [4.69, 9.17) is 4.74 Å². The maximum Gasteiger partial charge on any atom is 0.312 e. The molecule has 1 N–H and O–H groups in total. The Labute approximate surface area is 123 Å². The van der Waals surface area contributed by atoms with Crippen LogP contribution in [0.25, 0.3) is 0 Å². The molecule has 18 heavy (non-hydrogen) atoms. The number of hydrogen-bond donors (Lipinski definition) is 1. The smallest absolute Gasteiger partial charge is 0.312 e. The molecule has 0 amide bonds. The van der Waals surface area contributed by atoms with E-state index in [9.17, 15) is 4.79 Å². The van der Waals surface area contributed by atoms with Crippen molar-refractivity contribution in [1.29, 1.82) is 0 Å². The summed E-state index contributed by atoms with van der Waals surface area (Å²) in [5.74, 6) is -0.195. The van der Waals surface area contributed by atoms with E-state index in [0.717, 1.165) is 11.0 Å². The highest BCUT2D eigenvalue weighted by Gasteiger charge is 2.27. The van der Waals surface area contributed by atoms with Gasteiger partial charge in [0.1, 0.15) is 0 Å². The molecule has 1 rings (SSSR count). The minimum Gasteiger partial charge on any atom is -0.469 e. The van der Waals surface area contributed by atoms with Crippen molar-refractivity contribution in [2.24, 2.45) is 5.41 Å². The molecule has 0 aromatic heterocycles. The lowest BCUT2D eigenvalue weighted by atomic mass is 9.94. The number of halogens is 2. The number of benzene rings is 1. The Bertz CT molecular complexity index is 396. The zero-order chi connectivity index (χ0) is 12.9. The summed E-state index contributed by atoms with van der Waals surface area (Å²) < 4.78 is 5.81. The van der Waals surface area contributed by atoms with Crippen LogP contribution in [0, 0.1) is 5.41 Å². The fraction of sp³-hybridized carbons (Fsp3) is 0.462. The van der Waals surface area contributed by atoms with Crippen LogP contribution in [0.5, 0.6) is 0 Å². The van der Waals surface area contributed by atoms with E-state index < -0.39 is 5.41 Å². The van der Waals surface area contributed by atoms with Crippen LogP contribution in [0.1, 0.15) is 19.4 Å². The standard InChI is InChI=1S/C13H18BrNO2.ClH/c1-13(2,12(16)17-3)9-15-8-10-5-4-6-11(14)7-10;/h4-7,15H,8-9H2,1-3H3;1H. The van der Waals surface area contributed by atoms with E-state index in [2.05, 4.69) is 27.3 Å². The first-order valence-corrected chi connectivity index (χ1v) is 6.28. The van der Waals surface area contributed by atoms with Gasteiger partial charge in [-0.15, -0.1) is 12.4 Å².